The van der Waals surface area contributed by atoms with Crippen molar-refractivity contribution < 1.29 is 15.8 Å². The van der Waals surface area contributed by atoms with Gasteiger partial charge >= 0.3 is 12.1 Å². The van der Waals surface area contributed by atoms with Crippen LogP contribution in [0.15, 0.2) is 24.3 Å². The maximum absolute atomic E-state index is 13.3. The summed E-state index contributed by atoms with van der Waals surface area (Å²) in [6, 6.07) is 10.5. The van der Waals surface area contributed by atoms with E-state index in [2.05, 4.69) is 39.4 Å². The summed E-state index contributed by atoms with van der Waals surface area (Å²) in [5.41, 5.74) is 2.83. The molecule has 198 valence electrons. The van der Waals surface area contributed by atoms with Gasteiger partial charge in [-0.3, -0.25) is 0 Å². The van der Waals surface area contributed by atoms with E-state index >= 15 is 0 Å². The molecule has 1 aromatic carbocycles. The van der Waals surface area contributed by atoms with Crippen molar-refractivity contribution in [2.24, 2.45) is 0 Å². The normalized spacial score (nSPS) is 29.9. The number of benzene rings is 1. The SMILES string of the molecule is CCOC(=O)N1C2CCC1CC(N1CCC3(CC1)CN(C(=O)NC1CCCC1)Cc1ccccc13)C2.[HH]. The van der Waals surface area contributed by atoms with Crippen LogP contribution in [0.1, 0.15) is 83.7 Å². The number of piperidine rings is 2. The molecule has 36 heavy (non-hydrogen) atoms. The number of hydrogen-bond acceptors (Lipinski definition) is 4. The molecule has 3 amide bonds. The summed E-state index contributed by atoms with van der Waals surface area (Å²) in [4.78, 5) is 32.6. The number of fused-ring (bicyclic) bond motifs is 4. The Labute approximate surface area is 217 Å². The Morgan fingerprint density at radius 1 is 1.03 bits per heavy atom. The van der Waals surface area contributed by atoms with E-state index in [0.717, 1.165) is 77.5 Å². The Bertz CT molecular complexity index is 962. The van der Waals surface area contributed by atoms with Crippen molar-refractivity contribution >= 4 is 12.1 Å². The summed E-state index contributed by atoms with van der Waals surface area (Å²) < 4.78 is 5.36. The molecule has 7 nitrogen and oxygen atoms in total. The van der Waals surface area contributed by atoms with Crippen molar-refractivity contribution in [3.63, 3.8) is 0 Å². The lowest BCUT2D eigenvalue weighted by Gasteiger charge is -2.51. The van der Waals surface area contributed by atoms with Gasteiger partial charge in [-0.2, -0.15) is 0 Å². The average Bonchev–Trinajstić information content (AvgIpc) is 3.49. The molecule has 1 N–H and O–H groups in total. The highest BCUT2D eigenvalue weighted by atomic mass is 16.6. The number of amides is 3. The minimum Gasteiger partial charge on any atom is -0.450 e. The minimum absolute atomic E-state index is 0. The Hall–Kier alpha value is -2.28. The largest absolute Gasteiger partial charge is 0.450 e. The van der Waals surface area contributed by atoms with Crippen LogP contribution in [0.4, 0.5) is 9.59 Å². The zero-order valence-electron chi connectivity index (χ0n) is 21.8. The van der Waals surface area contributed by atoms with E-state index in [0.29, 0.717) is 30.8 Å². The molecular formula is C29H44N4O3. The Kier molecular flexibility index (Phi) is 6.61. The number of carbonyl (C=O) groups excluding carboxylic acids is 2. The molecule has 2 atom stereocenters. The molecule has 1 aliphatic carbocycles. The van der Waals surface area contributed by atoms with Crippen molar-refractivity contribution in [2.75, 3.05) is 26.2 Å². The number of ether oxygens (including phenoxy) is 1. The van der Waals surface area contributed by atoms with E-state index < -0.39 is 0 Å². The summed E-state index contributed by atoms with van der Waals surface area (Å²) in [5.74, 6) is 0. The second-order valence-corrected chi connectivity index (χ2v) is 11.9. The highest BCUT2D eigenvalue weighted by Crippen LogP contribution is 2.44. The Morgan fingerprint density at radius 2 is 1.72 bits per heavy atom. The molecule has 6 rings (SSSR count). The molecule has 5 aliphatic rings. The number of nitrogens with zero attached hydrogens (tertiary/aromatic N) is 3. The fourth-order valence-corrected chi connectivity index (χ4v) is 8.05. The van der Waals surface area contributed by atoms with Crippen molar-refractivity contribution in [2.45, 2.75) is 107 Å². The topological polar surface area (TPSA) is 65.1 Å². The highest BCUT2D eigenvalue weighted by Gasteiger charge is 2.48. The third kappa shape index (κ3) is 4.37. The number of nitrogens with one attached hydrogen (secondary N) is 1. The predicted octanol–water partition coefficient (Wildman–Crippen LogP) is 4.89. The summed E-state index contributed by atoms with van der Waals surface area (Å²) in [7, 11) is 0. The number of carbonyl (C=O) groups is 2. The van der Waals surface area contributed by atoms with E-state index in [1.807, 2.05) is 11.8 Å². The zero-order valence-corrected chi connectivity index (χ0v) is 21.8. The molecule has 4 fully saturated rings. The Morgan fingerprint density at radius 3 is 2.42 bits per heavy atom. The molecule has 1 spiro atoms. The molecule has 0 radical (unpaired) electrons. The van der Waals surface area contributed by atoms with Crippen LogP contribution in [0, 0.1) is 0 Å². The van der Waals surface area contributed by atoms with E-state index in [1.165, 1.54) is 24.0 Å². The zero-order chi connectivity index (χ0) is 24.7. The summed E-state index contributed by atoms with van der Waals surface area (Å²) in [6.45, 7) is 6.01. The third-order valence-corrected chi connectivity index (χ3v) is 9.87. The number of likely N-dealkylation sites (tertiary alicyclic amines) is 1. The van der Waals surface area contributed by atoms with Gasteiger partial charge in [-0.1, -0.05) is 37.1 Å². The fraction of sp³-hybridized carbons (Fsp3) is 0.724. The van der Waals surface area contributed by atoms with Crippen molar-refractivity contribution in [3.05, 3.63) is 35.4 Å². The molecule has 4 heterocycles. The van der Waals surface area contributed by atoms with Gasteiger partial charge < -0.3 is 24.8 Å². The predicted molar refractivity (Wildman–Crippen MR) is 141 cm³/mol. The first kappa shape index (κ1) is 24.1. The number of hydrogen-bond donors (Lipinski definition) is 1. The van der Waals surface area contributed by atoms with Gasteiger partial charge in [-0.05, 0) is 82.5 Å². The molecule has 1 aromatic rings. The van der Waals surface area contributed by atoms with Crippen LogP contribution in [-0.2, 0) is 16.7 Å². The summed E-state index contributed by atoms with van der Waals surface area (Å²) in [5, 5.41) is 3.33. The first-order chi connectivity index (χ1) is 17.6. The monoisotopic (exact) mass is 496 g/mol. The lowest BCUT2D eigenvalue weighted by atomic mass is 9.68. The van der Waals surface area contributed by atoms with Crippen LogP contribution in [-0.4, -0.2) is 77.2 Å². The van der Waals surface area contributed by atoms with Crippen LogP contribution < -0.4 is 5.32 Å². The molecule has 1 saturated carbocycles. The number of rotatable bonds is 3. The van der Waals surface area contributed by atoms with Crippen LogP contribution in [0.2, 0.25) is 0 Å². The van der Waals surface area contributed by atoms with Crippen LogP contribution in [0.25, 0.3) is 0 Å². The van der Waals surface area contributed by atoms with Crippen molar-refractivity contribution in [3.8, 4) is 0 Å². The van der Waals surface area contributed by atoms with Gasteiger partial charge in [0.05, 0.1) is 6.61 Å². The lowest BCUT2D eigenvalue weighted by Crippen LogP contribution is -2.58. The van der Waals surface area contributed by atoms with Crippen LogP contribution in [0.5, 0.6) is 0 Å². The second kappa shape index (κ2) is 9.88. The molecule has 2 unspecified atom stereocenters. The maximum Gasteiger partial charge on any atom is 0.410 e. The summed E-state index contributed by atoms with van der Waals surface area (Å²) >= 11 is 0. The minimum atomic E-state index is -0.115. The van der Waals surface area contributed by atoms with Gasteiger partial charge in [0.25, 0.3) is 0 Å². The maximum atomic E-state index is 13.3. The van der Waals surface area contributed by atoms with E-state index in [-0.39, 0.29) is 19.0 Å². The second-order valence-electron chi connectivity index (χ2n) is 11.9. The Balaban J connectivity index is 0.00000280. The highest BCUT2D eigenvalue weighted by molar-refractivity contribution is 5.75. The average molecular weight is 497 g/mol. The lowest BCUT2D eigenvalue weighted by molar-refractivity contribution is 0.0219. The van der Waals surface area contributed by atoms with Gasteiger partial charge in [-0.25, -0.2) is 9.59 Å². The molecule has 3 saturated heterocycles. The quantitative estimate of drug-likeness (QED) is 0.647. The standard InChI is InChI=1S/C29H42N4O3.H2/c1-2-36-28(35)33-23-11-12-24(33)18-25(17-23)31-15-13-29(14-16-31)20-32(19-21-7-3-6-10-26(21)29)27(34)30-22-8-4-5-9-22;/h3,6-7,10,22-25H,2,4-5,8-9,11-20H2,1H3,(H,30,34);1H. The fourth-order valence-electron chi connectivity index (χ4n) is 8.05. The van der Waals surface area contributed by atoms with E-state index in [1.54, 1.807) is 0 Å². The first-order valence-corrected chi connectivity index (χ1v) is 14.4. The smallest absolute Gasteiger partial charge is 0.410 e. The van der Waals surface area contributed by atoms with Gasteiger partial charge in [0.1, 0.15) is 0 Å². The first-order valence-electron chi connectivity index (χ1n) is 14.4. The van der Waals surface area contributed by atoms with E-state index in [9.17, 15) is 9.59 Å². The molecule has 4 aliphatic heterocycles. The molecular weight excluding hydrogens is 452 g/mol. The number of urea groups is 1. The van der Waals surface area contributed by atoms with E-state index in [4.69, 9.17) is 4.74 Å². The molecule has 0 aromatic heterocycles. The van der Waals surface area contributed by atoms with Gasteiger partial charge in [0.15, 0.2) is 0 Å². The summed E-state index contributed by atoms with van der Waals surface area (Å²) in [6.07, 6.45) is 11.1. The third-order valence-electron chi connectivity index (χ3n) is 9.87. The van der Waals surface area contributed by atoms with Crippen LogP contribution >= 0.6 is 0 Å². The molecule has 7 heteroatoms. The van der Waals surface area contributed by atoms with Crippen molar-refractivity contribution in [1.82, 2.24) is 20.0 Å². The van der Waals surface area contributed by atoms with Crippen LogP contribution in [0.3, 0.4) is 0 Å². The van der Waals surface area contributed by atoms with Crippen molar-refractivity contribution in [1.29, 1.82) is 0 Å². The van der Waals surface area contributed by atoms with Gasteiger partial charge in [0.2, 0.25) is 0 Å². The van der Waals surface area contributed by atoms with Gasteiger partial charge in [0, 0.05) is 44.1 Å². The van der Waals surface area contributed by atoms with Gasteiger partial charge in [-0.15, -0.1) is 0 Å². The molecule has 2 bridgehead atoms.